The maximum atomic E-state index is 10.6. The topological polar surface area (TPSA) is 52.4 Å². The van der Waals surface area contributed by atoms with Crippen LogP contribution in [0.1, 0.15) is 6.42 Å². The third-order valence-corrected chi connectivity index (χ3v) is 1.86. The quantitative estimate of drug-likeness (QED) is 0.300. The minimum absolute atomic E-state index is 0.192. The van der Waals surface area contributed by atoms with Crippen molar-refractivity contribution in [3.05, 3.63) is 58.3 Å². The molecule has 4 nitrogen and oxygen atoms in total. The van der Waals surface area contributed by atoms with Crippen LogP contribution in [0, 0.1) is 10.1 Å². The van der Waals surface area contributed by atoms with Gasteiger partial charge >= 0.3 is 0 Å². The number of nitro groups is 1. The molecular formula is C11H13NO3. The van der Waals surface area contributed by atoms with E-state index in [1.165, 1.54) is 0 Å². The van der Waals surface area contributed by atoms with E-state index in [-0.39, 0.29) is 10.6 Å². The smallest absolute Gasteiger partial charge is 0.250 e. The fourth-order valence-electron chi connectivity index (χ4n) is 1.18. The normalized spacial score (nSPS) is 15.2. The van der Waals surface area contributed by atoms with E-state index in [0.29, 0.717) is 19.6 Å². The van der Waals surface area contributed by atoms with Gasteiger partial charge in [0.2, 0.25) is 5.70 Å². The van der Waals surface area contributed by atoms with Crippen molar-refractivity contribution < 1.29 is 9.66 Å². The lowest BCUT2D eigenvalue weighted by Gasteiger charge is -2.01. The summed E-state index contributed by atoms with van der Waals surface area (Å²) in [5.74, 6) is 0. The largest absolute Gasteiger partial charge is 0.373 e. The number of hydrogen-bond acceptors (Lipinski definition) is 3. The Morgan fingerprint density at radius 1 is 1.67 bits per heavy atom. The third kappa shape index (κ3) is 3.91. The van der Waals surface area contributed by atoms with Crippen LogP contribution in [-0.2, 0) is 4.74 Å². The van der Waals surface area contributed by atoms with Gasteiger partial charge < -0.3 is 4.74 Å². The van der Waals surface area contributed by atoms with Crippen molar-refractivity contribution in [2.75, 3.05) is 13.2 Å². The highest BCUT2D eigenvalue weighted by Gasteiger charge is 2.11. The Morgan fingerprint density at radius 3 is 3.13 bits per heavy atom. The molecule has 0 bridgehead atoms. The molecule has 0 saturated heterocycles. The first-order valence-corrected chi connectivity index (χ1v) is 4.63. The van der Waals surface area contributed by atoms with Crippen molar-refractivity contribution in [3.63, 3.8) is 0 Å². The molecule has 4 heteroatoms. The molecule has 0 spiro atoms. The zero-order valence-electron chi connectivity index (χ0n) is 8.39. The van der Waals surface area contributed by atoms with E-state index < -0.39 is 0 Å². The van der Waals surface area contributed by atoms with Crippen molar-refractivity contribution in [2.24, 2.45) is 0 Å². The van der Waals surface area contributed by atoms with Gasteiger partial charge in [0, 0.05) is 6.08 Å². The van der Waals surface area contributed by atoms with Gasteiger partial charge in [-0.2, -0.15) is 0 Å². The van der Waals surface area contributed by atoms with Gasteiger partial charge in [-0.05, 0) is 5.57 Å². The van der Waals surface area contributed by atoms with Gasteiger partial charge in [0.05, 0.1) is 24.6 Å². The highest BCUT2D eigenvalue weighted by molar-refractivity contribution is 5.29. The molecule has 0 fully saturated rings. The van der Waals surface area contributed by atoms with E-state index in [1.54, 1.807) is 24.3 Å². The van der Waals surface area contributed by atoms with Gasteiger partial charge in [-0.15, -0.1) is 6.58 Å². The van der Waals surface area contributed by atoms with Crippen molar-refractivity contribution in [2.45, 2.75) is 6.42 Å². The Balaban J connectivity index is 2.65. The molecular weight excluding hydrogens is 194 g/mol. The van der Waals surface area contributed by atoms with E-state index in [4.69, 9.17) is 4.74 Å². The predicted octanol–water partition coefficient (Wildman–Crippen LogP) is 2.24. The summed E-state index contributed by atoms with van der Waals surface area (Å²) >= 11 is 0. The van der Waals surface area contributed by atoms with Crippen LogP contribution in [0.5, 0.6) is 0 Å². The Bertz CT molecular complexity index is 340. The van der Waals surface area contributed by atoms with Crippen molar-refractivity contribution in [3.8, 4) is 0 Å². The average molecular weight is 207 g/mol. The number of allylic oxidation sites excluding steroid dienone is 3. The van der Waals surface area contributed by atoms with Crippen LogP contribution in [0.15, 0.2) is 48.2 Å². The first-order chi connectivity index (χ1) is 7.24. The molecule has 0 heterocycles. The summed E-state index contributed by atoms with van der Waals surface area (Å²) in [5.41, 5.74) is 0.995. The Morgan fingerprint density at radius 2 is 2.47 bits per heavy atom. The predicted molar refractivity (Wildman–Crippen MR) is 57.9 cm³/mol. The second-order valence-electron chi connectivity index (χ2n) is 3.07. The number of nitrogens with zero attached hydrogens (tertiary/aromatic N) is 1. The van der Waals surface area contributed by atoms with E-state index in [9.17, 15) is 10.1 Å². The fraction of sp³-hybridized carbons (Fsp3) is 0.273. The lowest BCUT2D eigenvalue weighted by molar-refractivity contribution is -0.426. The number of rotatable bonds is 5. The maximum Gasteiger partial charge on any atom is 0.250 e. The van der Waals surface area contributed by atoms with E-state index >= 15 is 0 Å². The van der Waals surface area contributed by atoms with E-state index in [1.807, 2.05) is 6.08 Å². The molecule has 0 atom stereocenters. The van der Waals surface area contributed by atoms with Crippen LogP contribution in [0.3, 0.4) is 0 Å². The maximum absolute atomic E-state index is 10.6. The monoisotopic (exact) mass is 207 g/mol. The van der Waals surface area contributed by atoms with Gasteiger partial charge in [-0.1, -0.05) is 24.3 Å². The van der Waals surface area contributed by atoms with Gasteiger partial charge in [-0.3, -0.25) is 10.1 Å². The summed E-state index contributed by atoms with van der Waals surface area (Å²) in [4.78, 5) is 10.2. The molecule has 0 radical (unpaired) electrons. The highest BCUT2D eigenvalue weighted by atomic mass is 16.6. The standard InChI is InChI=1S/C11H13NO3/c1-2-7-15-9-10-5-3-4-6-11(8-10)12(13)14/h2-5,8H,1,6-7,9H2. The third-order valence-electron chi connectivity index (χ3n) is 1.86. The Labute approximate surface area is 88.4 Å². The lowest BCUT2D eigenvalue weighted by Crippen LogP contribution is -2.01. The van der Waals surface area contributed by atoms with Crippen molar-refractivity contribution >= 4 is 0 Å². The van der Waals surface area contributed by atoms with Crippen LogP contribution in [-0.4, -0.2) is 18.1 Å². The number of ether oxygens (including phenoxy) is 1. The van der Waals surface area contributed by atoms with E-state index in [0.717, 1.165) is 5.57 Å². The van der Waals surface area contributed by atoms with Gasteiger partial charge in [-0.25, -0.2) is 0 Å². The molecule has 15 heavy (non-hydrogen) atoms. The second kappa shape index (κ2) is 5.93. The van der Waals surface area contributed by atoms with Crippen LogP contribution in [0.25, 0.3) is 0 Å². The van der Waals surface area contributed by atoms with Gasteiger partial charge in [0.15, 0.2) is 0 Å². The van der Waals surface area contributed by atoms with Crippen LogP contribution >= 0.6 is 0 Å². The van der Waals surface area contributed by atoms with Crippen molar-refractivity contribution in [1.82, 2.24) is 0 Å². The molecule has 1 aliphatic carbocycles. The molecule has 0 aliphatic heterocycles. The first-order valence-electron chi connectivity index (χ1n) is 4.63. The minimum atomic E-state index is -0.364. The fourth-order valence-corrected chi connectivity index (χ4v) is 1.18. The summed E-state index contributed by atoms with van der Waals surface area (Å²) < 4.78 is 5.22. The molecule has 0 aromatic rings. The molecule has 0 saturated carbocycles. The molecule has 1 aliphatic rings. The molecule has 0 N–H and O–H groups in total. The molecule has 0 aromatic carbocycles. The van der Waals surface area contributed by atoms with Crippen LogP contribution < -0.4 is 0 Å². The van der Waals surface area contributed by atoms with Crippen molar-refractivity contribution in [1.29, 1.82) is 0 Å². The second-order valence-corrected chi connectivity index (χ2v) is 3.07. The van der Waals surface area contributed by atoms with E-state index in [2.05, 4.69) is 6.58 Å². The summed E-state index contributed by atoms with van der Waals surface area (Å²) in [5, 5.41) is 10.6. The average Bonchev–Trinajstić information content (AvgIpc) is 2.44. The van der Waals surface area contributed by atoms with Crippen LogP contribution in [0.2, 0.25) is 0 Å². The summed E-state index contributed by atoms with van der Waals surface area (Å²) in [7, 11) is 0. The summed E-state index contributed by atoms with van der Waals surface area (Å²) in [6.45, 7) is 4.34. The van der Waals surface area contributed by atoms with Gasteiger partial charge in [0.25, 0.3) is 0 Å². The minimum Gasteiger partial charge on any atom is -0.373 e. The molecule has 1 rings (SSSR count). The summed E-state index contributed by atoms with van der Waals surface area (Å²) in [6.07, 6.45) is 8.94. The number of hydrogen-bond donors (Lipinski definition) is 0. The zero-order valence-corrected chi connectivity index (χ0v) is 8.39. The summed E-state index contributed by atoms with van der Waals surface area (Å²) in [6, 6.07) is 0. The highest BCUT2D eigenvalue weighted by Crippen LogP contribution is 2.13. The SMILES string of the molecule is C=CCOCC1=CC=CCC([N+](=O)[O-])=C1. The molecule has 0 amide bonds. The molecule has 80 valence electrons. The Hall–Kier alpha value is -1.68. The molecule has 0 unspecified atom stereocenters. The zero-order chi connectivity index (χ0) is 11.1. The Kier molecular flexibility index (Phi) is 4.50. The first kappa shape index (κ1) is 11.4. The lowest BCUT2D eigenvalue weighted by atomic mass is 10.2. The van der Waals surface area contributed by atoms with Gasteiger partial charge in [0.1, 0.15) is 0 Å². The van der Waals surface area contributed by atoms with Crippen LogP contribution in [0.4, 0.5) is 0 Å². The molecule has 0 aromatic heterocycles.